The van der Waals surface area contributed by atoms with Gasteiger partial charge in [-0.15, -0.1) is 0 Å². The van der Waals surface area contributed by atoms with Gasteiger partial charge in [-0.3, -0.25) is 4.79 Å². The van der Waals surface area contributed by atoms with Crippen molar-refractivity contribution in [2.75, 3.05) is 13.2 Å². The number of hydrogen-bond donors (Lipinski definition) is 3. The number of benzene rings is 3. The third kappa shape index (κ3) is 5.13. The summed E-state index contributed by atoms with van der Waals surface area (Å²) in [5.41, 5.74) is 3.74. The Kier molecular flexibility index (Phi) is 6.91. The fourth-order valence-electron chi connectivity index (χ4n) is 4.43. The van der Waals surface area contributed by atoms with E-state index in [1.807, 2.05) is 68.8 Å². The number of nitrogens with one attached hydrogen (secondary N) is 2. The maximum Gasteiger partial charge on any atom is 0.251 e. The second-order valence-corrected chi connectivity index (χ2v) is 9.50. The molecule has 0 radical (unpaired) electrons. The predicted molar refractivity (Wildman–Crippen MR) is 146 cm³/mol. The number of imidazole rings is 2. The summed E-state index contributed by atoms with van der Waals surface area (Å²) >= 11 is 0. The monoisotopic (exact) mass is 513 g/mol. The van der Waals surface area contributed by atoms with Crippen LogP contribution in [0.2, 0.25) is 0 Å². The van der Waals surface area contributed by atoms with Crippen LogP contribution in [0.1, 0.15) is 48.7 Å². The highest BCUT2D eigenvalue weighted by atomic mass is 16.5. The van der Waals surface area contributed by atoms with Gasteiger partial charge >= 0.3 is 0 Å². The maximum absolute atomic E-state index is 12.9. The molecule has 38 heavy (non-hydrogen) atoms. The number of ether oxygens (including phenoxy) is 2. The van der Waals surface area contributed by atoms with Crippen LogP contribution in [-0.4, -0.2) is 49.8 Å². The Hall–Kier alpha value is -4.53. The molecular weight excluding hydrogens is 482 g/mol. The minimum absolute atomic E-state index is 0.0399. The molecule has 3 N–H and O–H groups in total. The highest BCUT2D eigenvalue weighted by Crippen LogP contribution is 2.29. The predicted octanol–water partition coefficient (Wildman–Crippen LogP) is 4.90. The third-order valence-corrected chi connectivity index (χ3v) is 6.32. The average molecular weight is 514 g/mol. The van der Waals surface area contributed by atoms with E-state index in [1.54, 1.807) is 24.3 Å². The molecule has 0 aliphatic heterocycles. The molecule has 2 heterocycles. The highest BCUT2D eigenvalue weighted by Gasteiger charge is 2.20. The number of rotatable bonds is 9. The number of phenols is 1. The van der Waals surface area contributed by atoms with Crippen LogP contribution in [0.25, 0.3) is 22.1 Å². The molecule has 5 aromatic rings. The molecule has 0 aliphatic rings. The van der Waals surface area contributed by atoms with Gasteiger partial charge in [-0.05, 0) is 63.2 Å². The van der Waals surface area contributed by atoms with Gasteiger partial charge in [0.1, 0.15) is 24.0 Å². The first-order chi connectivity index (χ1) is 18.3. The lowest BCUT2D eigenvalue weighted by atomic mass is 10.1. The summed E-state index contributed by atoms with van der Waals surface area (Å²) in [6.07, 6.45) is 0.0399. The van der Waals surface area contributed by atoms with Crippen molar-refractivity contribution in [2.24, 2.45) is 7.05 Å². The van der Waals surface area contributed by atoms with Crippen LogP contribution >= 0.6 is 0 Å². The average Bonchev–Trinajstić information content (AvgIpc) is 3.47. The first-order valence-electron chi connectivity index (χ1n) is 12.6. The number of nitrogens with zero attached hydrogens (tertiary/aromatic N) is 3. The van der Waals surface area contributed by atoms with E-state index in [-0.39, 0.29) is 23.7 Å². The molecule has 0 aliphatic carbocycles. The Morgan fingerprint density at radius 3 is 2.58 bits per heavy atom. The lowest BCUT2D eigenvalue weighted by molar-refractivity contribution is 0.0946. The van der Waals surface area contributed by atoms with Gasteiger partial charge in [0, 0.05) is 18.7 Å². The van der Waals surface area contributed by atoms with Crippen molar-refractivity contribution in [3.63, 3.8) is 0 Å². The first-order valence-corrected chi connectivity index (χ1v) is 12.6. The number of carbonyl (C=O) groups excluding carboxylic acids is 1. The molecule has 0 bridgehead atoms. The molecule has 0 saturated heterocycles. The van der Waals surface area contributed by atoms with Crippen molar-refractivity contribution in [1.82, 2.24) is 24.8 Å². The zero-order valence-corrected chi connectivity index (χ0v) is 21.9. The van der Waals surface area contributed by atoms with Crippen LogP contribution in [-0.2, 0) is 7.05 Å². The summed E-state index contributed by atoms with van der Waals surface area (Å²) in [5, 5.41) is 12.7. The van der Waals surface area contributed by atoms with E-state index in [0.29, 0.717) is 30.2 Å². The number of fused-ring (bicyclic) bond motifs is 2. The number of phenolic OH excluding ortho intramolecular Hbond substituents is 1. The zero-order chi connectivity index (χ0) is 26.8. The summed E-state index contributed by atoms with van der Waals surface area (Å²) in [5.74, 6) is 2.77. The Bertz CT molecular complexity index is 1600. The second-order valence-electron chi connectivity index (χ2n) is 9.50. The summed E-state index contributed by atoms with van der Waals surface area (Å²) in [6, 6.07) is 18.0. The van der Waals surface area contributed by atoms with Gasteiger partial charge in [-0.25, -0.2) is 9.97 Å². The van der Waals surface area contributed by atoms with E-state index in [1.165, 1.54) is 0 Å². The fraction of sp³-hybridized carbons (Fsp3) is 0.276. The molecule has 0 spiro atoms. The van der Waals surface area contributed by atoms with Gasteiger partial charge in [0.2, 0.25) is 0 Å². The van der Waals surface area contributed by atoms with E-state index in [2.05, 4.69) is 15.3 Å². The molecule has 196 valence electrons. The van der Waals surface area contributed by atoms with Crippen molar-refractivity contribution in [1.29, 1.82) is 0 Å². The minimum Gasteiger partial charge on any atom is -0.508 e. The van der Waals surface area contributed by atoms with Crippen LogP contribution in [0.15, 0.2) is 60.7 Å². The molecule has 1 unspecified atom stereocenters. The van der Waals surface area contributed by atoms with E-state index in [9.17, 15) is 9.90 Å². The number of hydrogen-bond acceptors (Lipinski definition) is 6. The maximum atomic E-state index is 12.9. The molecule has 1 amide bonds. The van der Waals surface area contributed by atoms with Crippen LogP contribution in [0.5, 0.6) is 17.2 Å². The van der Waals surface area contributed by atoms with Crippen LogP contribution in [0.3, 0.4) is 0 Å². The van der Waals surface area contributed by atoms with Crippen LogP contribution in [0.4, 0.5) is 0 Å². The number of aryl methyl sites for hydroxylation is 1. The number of aromatic amines is 1. The van der Waals surface area contributed by atoms with Gasteiger partial charge < -0.3 is 29.4 Å². The summed E-state index contributed by atoms with van der Waals surface area (Å²) < 4.78 is 13.6. The van der Waals surface area contributed by atoms with Crippen molar-refractivity contribution >= 4 is 28.0 Å². The molecule has 1 atom stereocenters. The highest BCUT2D eigenvalue weighted by molar-refractivity contribution is 5.97. The Labute approximate surface area is 220 Å². The number of amides is 1. The largest absolute Gasteiger partial charge is 0.508 e. The third-order valence-electron chi connectivity index (χ3n) is 6.32. The molecule has 0 saturated carbocycles. The van der Waals surface area contributed by atoms with E-state index >= 15 is 0 Å². The Balaban J connectivity index is 1.26. The summed E-state index contributed by atoms with van der Waals surface area (Å²) in [6.45, 7) is 6.62. The smallest absolute Gasteiger partial charge is 0.251 e. The lowest BCUT2D eigenvalue weighted by Crippen LogP contribution is -2.28. The first kappa shape index (κ1) is 25.1. The lowest BCUT2D eigenvalue weighted by Gasteiger charge is -2.15. The van der Waals surface area contributed by atoms with Gasteiger partial charge in [-0.2, -0.15) is 0 Å². The normalized spacial score (nSPS) is 12.2. The molecule has 9 heteroatoms. The van der Waals surface area contributed by atoms with Crippen molar-refractivity contribution < 1.29 is 19.4 Å². The molecule has 9 nitrogen and oxygen atoms in total. The van der Waals surface area contributed by atoms with Gasteiger partial charge in [0.15, 0.2) is 11.5 Å². The van der Waals surface area contributed by atoms with Gasteiger partial charge in [0.05, 0.1) is 40.6 Å². The fourth-order valence-corrected chi connectivity index (χ4v) is 4.43. The van der Waals surface area contributed by atoms with E-state index < -0.39 is 0 Å². The summed E-state index contributed by atoms with van der Waals surface area (Å²) in [4.78, 5) is 25.6. The van der Waals surface area contributed by atoms with Crippen molar-refractivity contribution in [3.8, 4) is 17.2 Å². The molecule has 2 aromatic heterocycles. The Morgan fingerprint density at radius 1 is 1.03 bits per heavy atom. The van der Waals surface area contributed by atoms with Crippen LogP contribution in [0, 0.1) is 0 Å². The SMILES string of the molecule is CC(C)Oc1ccccc1OCCNC(=O)c1ccc2nc(C(C)c3nc4ccc(O)cc4[nH]3)n(C)c2c1. The molecule has 5 rings (SSSR count). The van der Waals surface area contributed by atoms with E-state index in [4.69, 9.17) is 14.5 Å². The quantitative estimate of drug-likeness (QED) is 0.242. The second kappa shape index (κ2) is 10.5. The molecule has 0 fully saturated rings. The standard InChI is InChI=1S/C29H31N5O4/c1-17(2)38-26-8-6-5-7-25(26)37-14-13-30-29(36)19-9-11-22-24(15-19)34(4)28(33-22)18(3)27-31-21-12-10-20(35)16-23(21)32-27/h5-12,15-18,35H,13-14H2,1-4H3,(H,30,36)(H,31,32). The number of aromatic nitrogens is 4. The van der Waals surface area contributed by atoms with Crippen molar-refractivity contribution in [3.05, 3.63) is 77.9 Å². The van der Waals surface area contributed by atoms with Gasteiger partial charge in [0.25, 0.3) is 5.91 Å². The number of para-hydroxylation sites is 2. The number of carbonyl (C=O) groups is 1. The van der Waals surface area contributed by atoms with E-state index in [0.717, 1.165) is 33.7 Å². The molecule has 3 aromatic carbocycles. The van der Waals surface area contributed by atoms with Crippen LogP contribution < -0.4 is 14.8 Å². The molecular formula is C29H31N5O4. The Morgan fingerprint density at radius 2 is 1.79 bits per heavy atom. The van der Waals surface area contributed by atoms with Gasteiger partial charge in [-0.1, -0.05) is 12.1 Å². The summed E-state index contributed by atoms with van der Waals surface area (Å²) in [7, 11) is 1.93. The van der Waals surface area contributed by atoms with Crippen molar-refractivity contribution in [2.45, 2.75) is 32.8 Å². The minimum atomic E-state index is -0.185. The topological polar surface area (TPSA) is 114 Å². The number of H-pyrrole nitrogens is 1. The number of aromatic hydroxyl groups is 1. The zero-order valence-electron chi connectivity index (χ0n) is 21.9.